The van der Waals surface area contributed by atoms with E-state index in [0.29, 0.717) is 24.1 Å². The first-order valence-electron chi connectivity index (χ1n) is 9.31. The van der Waals surface area contributed by atoms with E-state index in [-0.39, 0.29) is 5.91 Å². The van der Waals surface area contributed by atoms with Gasteiger partial charge in [0, 0.05) is 23.8 Å². The van der Waals surface area contributed by atoms with Crippen LogP contribution < -0.4 is 5.32 Å². The number of nitrogens with one attached hydrogen (secondary N) is 1. The highest BCUT2D eigenvalue weighted by Gasteiger charge is 2.27. The predicted molar refractivity (Wildman–Crippen MR) is 108 cm³/mol. The molecule has 1 N–H and O–H groups in total. The Kier molecular flexibility index (Phi) is 4.01. The summed E-state index contributed by atoms with van der Waals surface area (Å²) in [5, 5.41) is 6.15. The first kappa shape index (κ1) is 17.1. The fourth-order valence-electron chi connectivity index (χ4n) is 3.30. The summed E-state index contributed by atoms with van der Waals surface area (Å²) in [4.78, 5) is 26.6. The average molecular weight is 392 g/mol. The number of nitrogens with zero attached hydrogens (tertiary/aromatic N) is 5. The summed E-state index contributed by atoms with van der Waals surface area (Å²) in [6.07, 6.45) is 5.99. The lowest BCUT2D eigenvalue weighted by molar-refractivity contribution is 0.0948. The summed E-state index contributed by atoms with van der Waals surface area (Å²) < 4.78 is 4.00. The lowest BCUT2D eigenvalue weighted by atomic mass is 10.3. The Labute approximate surface area is 166 Å². The first-order valence-corrected chi connectivity index (χ1v) is 10.2. The number of aryl methyl sites for hydroxylation is 2. The number of carbonyl (C=O) groups excluding carboxylic acids is 1. The SMILES string of the molecule is Cc1nc(Cn2cc(-c3nc(C(=O)NC4CC4)c4ccccn34)nc2C)cs1. The van der Waals surface area contributed by atoms with Crippen molar-refractivity contribution in [2.24, 2.45) is 0 Å². The fraction of sp³-hybridized carbons (Fsp3) is 0.300. The van der Waals surface area contributed by atoms with E-state index in [4.69, 9.17) is 4.98 Å². The molecule has 1 aliphatic rings. The second kappa shape index (κ2) is 6.56. The van der Waals surface area contributed by atoms with Gasteiger partial charge in [0.05, 0.1) is 22.8 Å². The molecule has 142 valence electrons. The van der Waals surface area contributed by atoms with E-state index in [2.05, 4.69) is 25.2 Å². The van der Waals surface area contributed by atoms with Crippen LogP contribution in [0.5, 0.6) is 0 Å². The van der Waals surface area contributed by atoms with Crippen LogP contribution in [0.25, 0.3) is 17.0 Å². The van der Waals surface area contributed by atoms with Crippen LogP contribution in [0.2, 0.25) is 0 Å². The van der Waals surface area contributed by atoms with Crippen molar-refractivity contribution < 1.29 is 4.79 Å². The Morgan fingerprint density at radius 2 is 2.11 bits per heavy atom. The molecule has 1 aliphatic carbocycles. The highest BCUT2D eigenvalue weighted by atomic mass is 32.1. The zero-order valence-corrected chi connectivity index (χ0v) is 16.5. The van der Waals surface area contributed by atoms with Crippen molar-refractivity contribution in [3.63, 3.8) is 0 Å². The highest BCUT2D eigenvalue weighted by Crippen LogP contribution is 2.25. The number of pyridine rings is 1. The Hall–Kier alpha value is -3.00. The van der Waals surface area contributed by atoms with Gasteiger partial charge in [0.25, 0.3) is 5.91 Å². The second-order valence-corrected chi connectivity index (χ2v) is 8.21. The van der Waals surface area contributed by atoms with Gasteiger partial charge in [-0.05, 0) is 38.8 Å². The van der Waals surface area contributed by atoms with Gasteiger partial charge in [0.15, 0.2) is 11.5 Å². The number of rotatable bonds is 5. The number of amides is 1. The van der Waals surface area contributed by atoms with Gasteiger partial charge >= 0.3 is 0 Å². The van der Waals surface area contributed by atoms with Crippen LogP contribution in [0, 0.1) is 13.8 Å². The predicted octanol–water partition coefficient (Wildman–Crippen LogP) is 3.21. The fourth-order valence-corrected chi connectivity index (χ4v) is 3.90. The molecule has 0 bridgehead atoms. The molecule has 0 unspecified atom stereocenters. The topological polar surface area (TPSA) is 77.1 Å². The Bertz CT molecular complexity index is 1180. The molecule has 7 nitrogen and oxygen atoms in total. The van der Waals surface area contributed by atoms with Gasteiger partial charge in [-0.3, -0.25) is 9.20 Å². The highest BCUT2D eigenvalue weighted by molar-refractivity contribution is 7.09. The van der Waals surface area contributed by atoms with Crippen LogP contribution in [0.3, 0.4) is 0 Å². The monoisotopic (exact) mass is 392 g/mol. The molecule has 1 saturated carbocycles. The standard InChI is InChI=1S/C20H20N6OS/c1-12-21-16(10-25(12)9-15-11-28-13(2)22-15)19-24-18(20(27)23-14-6-7-14)17-5-3-4-8-26(17)19/h3-5,8,10-11,14H,6-7,9H2,1-2H3,(H,23,27). The van der Waals surface area contributed by atoms with E-state index >= 15 is 0 Å². The van der Waals surface area contributed by atoms with Crippen molar-refractivity contribution in [2.45, 2.75) is 39.3 Å². The van der Waals surface area contributed by atoms with Crippen LogP contribution in [0.1, 0.15) is 39.9 Å². The molecule has 0 spiro atoms. The third-order valence-electron chi connectivity index (χ3n) is 4.88. The molecular formula is C20H20N6OS. The Morgan fingerprint density at radius 3 is 2.86 bits per heavy atom. The minimum Gasteiger partial charge on any atom is -0.348 e. The Balaban J connectivity index is 1.54. The molecule has 0 atom stereocenters. The molecule has 0 aliphatic heterocycles. The minimum absolute atomic E-state index is 0.119. The van der Waals surface area contributed by atoms with Gasteiger partial charge in [0.2, 0.25) is 0 Å². The van der Waals surface area contributed by atoms with Crippen molar-refractivity contribution in [3.05, 3.63) is 58.2 Å². The number of imidazole rings is 2. The molecule has 0 saturated heterocycles. The second-order valence-electron chi connectivity index (χ2n) is 7.15. The van der Waals surface area contributed by atoms with E-state index < -0.39 is 0 Å². The van der Waals surface area contributed by atoms with Crippen LogP contribution in [-0.4, -0.2) is 35.9 Å². The number of aromatic nitrogens is 5. The average Bonchev–Trinajstić information content (AvgIpc) is 3.10. The molecule has 28 heavy (non-hydrogen) atoms. The maximum atomic E-state index is 12.6. The first-order chi connectivity index (χ1) is 13.6. The lowest BCUT2D eigenvalue weighted by Crippen LogP contribution is -2.25. The quantitative estimate of drug-likeness (QED) is 0.566. The van der Waals surface area contributed by atoms with Crippen molar-refractivity contribution in [3.8, 4) is 11.5 Å². The van der Waals surface area contributed by atoms with Crippen LogP contribution >= 0.6 is 11.3 Å². The number of hydrogen-bond acceptors (Lipinski definition) is 5. The molecule has 1 amide bonds. The maximum Gasteiger partial charge on any atom is 0.272 e. The van der Waals surface area contributed by atoms with Gasteiger partial charge in [-0.25, -0.2) is 15.0 Å². The molecule has 0 aromatic carbocycles. The summed E-state index contributed by atoms with van der Waals surface area (Å²) >= 11 is 1.65. The summed E-state index contributed by atoms with van der Waals surface area (Å²) in [6, 6.07) is 6.06. The summed E-state index contributed by atoms with van der Waals surface area (Å²) in [6.45, 7) is 4.64. The molecule has 4 heterocycles. The number of fused-ring (bicyclic) bond motifs is 1. The van der Waals surface area contributed by atoms with Crippen molar-refractivity contribution in [1.82, 2.24) is 29.2 Å². The van der Waals surface area contributed by atoms with Gasteiger partial charge in [-0.15, -0.1) is 11.3 Å². The van der Waals surface area contributed by atoms with E-state index in [1.165, 1.54) is 0 Å². The summed E-state index contributed by atoms with van der Waals surface area (Å²) in [5.74, 6) is 1.44. The molecule has 4 aromatic rings. The molecule has 8 heteroatoms. The number of carbonyl (C=O) groups is 1. The Morgan fingerprint density at radius 1 is 1.25 bits per heavy atom. The summed E-state index contributed by atoms with van der Waals surface area (Å²) in [7, 11) is 0. The molecule has 0 radical (unpaired) electrons. The summed E-state index contributed by atoms with van der Waals surface area (Å²) in [5.41, 5.74) is 3.01. The normalized spacial score (nSPS) is 13.9. The van der Waals surface area contributed by atoms with Crippen LogP contribution in [-0.2, 0) is 6.54 Å². The van der Waals surface area contributed by atoms with Crippen LogP contribution in [0.15, 0.2) is 36.0 Å². The van der Waals surface area contributed by atoms with Crippen molar-refractivity contribution in [2.75, 3.05) is 0 Å². The zero-order valence-electron chi connectivity index (χ0n) is 15.7. The third-order valence-corrected chi connectivity index (χ3v) is 5.70. The zero-order chi connectivity index (χ0) is 19.3. The smallest absolute Gasteiger partial charge is 0.272 e. The third kappa shape index (κ3) is 3.09. The van der Waals surface area contributed by atoms with E-state index in [1.54, 1.807) is 11.3 Å². The molecular weight excluding hydrogens is 372 g/mol. The number of thiazole rings is 1. The van der Waals surface area contributed by atoms with E-state index in [1.807, 2.05) is 48.8 Å². The minimum atomic E-state index is -0.119. The largest absolute Gasteiger partial charge is 0.348 e. The van der Waals surface area contributed by atoms with Crippen LogP contribution in [0.4, 0.5) is 0 Å². The molecule has 4 aromatic heterocycles. The van der Waals surface area contributed by atoms with Gasteiger partial charge in [-0.1, -0.05) is 6.07 Å². The van der Waals surface area contributed by atoms with Gasteiger partial charge in [-0.2, -0.15) is 0 Å². The number of hydrogen-bond donors (Lipinski definition) is 1. The molecule has 1 fully saturated rings. The van der Waals surface area contributed by atoms with Crippen molar-refractivity contribution >= 4 is 22.8 Å². The van der Waals surface area contributed by atoms with Crippen molar-refractivity contribution in [1.29, 1.82) is 0 Å². The van der Waals surface area contributed by atoms with Gasteiger partial charge < -0.3 is 9.88 Å². The maximum absolute atomic E-state index is 12.6. The van der Waals surface area contributed by atoms with E-state index in [9.17, 15) is 4.79 Å². The molecule has 5 rings (SSSR count). The lowest BCUT2D eigenvalue weighted by Gasteiger charge is -2.00. The van der Waals surface area contributed by atoms with Gasteiger partial charge in [0.1, 0.15) is 11.5 Å². The van der Waals surface area contributed by atoms with E-state index in [0.717, 1.165) is 40.6 Å².